The third-order valence-electron chi connectivity index (χ3n) is 3.37. The SMILES string of the molecule is CC(=O)OC[C@H]1O[C@@H](SNC(C)C)[C@H](OC(C)=O)[C@@H](OC(C)=O)[C@@H]1OC(C)=O. The van der Waals surface area contributed by atoms with E-state index in [-0.39, 0.29) is 12.6 Å². The molecular formula is C17H27NO9S. The van der Waals surface area contributed by atoms with Crippen molar-refractivity contribution in [3.63, 3.8) is 0 Å². The van der Waals surface area contributed by atoms with Gasteiger partial charge < -0.3 is 23.7 Å². The van der Waals surface area contributed by atoms with Crippen LogP contribution in [0.25, 0.3) is 0 Å². The fourth-order valence-electron chi connectivity index (χ4n) is 2.49. The van der Waals surface area contributed by atoms with Gasteiger partial charge in [0.1, 0.15) is 12.7 Å². The summed E-state index contributed by atoms with van der Waals surface area (Å²) in [7, 11) is 0. The van der Waals surface area contributed by atoms with Gasteiger partial charge in [0.15, 0.2) is 23.7 Å². The molecule has 1 fully saturated rings. The zero-order valence-corrected chi connectivity index (χ0v) is 17.6. The maximum Gasteiger partial charge on any atom is 0.303 e. The third kappa shape index (κ3) is 8.03. The van der Waals surface area contributed by atoms with E-state index < -0.39 is 53.7 Å². The standard InChI is InChI=1S/C17H27NO9S/c1-8(2)18-28-17-16(26-12(6)22)15(25-11(5)21)14(24-10(4)20)13(27-17)7-23-9(3)19/h8,13-18H,7H2,1-6H3/t13-,14-,15+,16-,17+/m1/s1. The first kappa shape index (κ1) is 24.2. The Hall–Kier alpha value is -1.85. The largest absolute Gasteiger partial charge is 0.463 e. The molecule has 0 amide bonds. The summed E-state index contributed by atoms with van der Waals surface area (Å²) in [6.45, 7) is 8.35. The molecule has 11 heteroatoms. The highest BCUT2D eigenvalue weighted by Gasteiger charge is 2.52. The summed E-state index contributed by atoms with van der Waals surface area (Å²) in [5, 5.41) is 0. The molecule has 0 bridgehead atoms. The van der Waals surface area contributed by atoms with Gasteiger partial charge in [0.25, 0.3) is 0 Å². The molecule has 0 saturated carbocycles. The van der Waals surface area contributed by atoms with Crippen LogP contribution in [0.15, 0.2) is 0 Å². The van der Waals surface area contributed by atoms with Gasteiger partial charge in [-0.15, -0.1) is 0 Å². The number of hydrogen-bond acceptors (Lipinski definition) is 11. The normalized spacial score (nSPS) is 27.0. The van der Waals surface area contributed by atoms with Crippen molar-refractivity contribution < 1.29 is 42.9 Å². The molecule has 0 unspecified atom stereocenters. The molecule has 28 heavy (non-hydrogen) atoms. The second-order valence-electron chi connectivity index (χ2n) is 6.46. The Morgan fingerprint density at radius 3 is 1.82 bits per heavy atom. The first-order valence-electron chi connectivity index (χ1n) is 8.72. The molecule has 0 radical (unpaired) electrons. The second kappa shape index (κ2) is 11.2. The third-order valence-corrected chi connectivity index (χ3v) is 4.59. The van der Waals surface area contributed by atoms with Gasteiger partial charge >= 0.3 is 23.9 Å². The van der Waals surface area contributed by atoms with Crippen molar-refractivity contribution in [2.45, 2.75) is 77.4 Å². The Bertz CT molecular complexity index is 583. The number of carbonyl (C=O) groups is 4. The molecule has 0 spiro atoms. The van der Waals surface area contributed by atoms with Gasteiger partial charge in [-0.25, -0.2) is 0 Å². The minimum absolute atomic E-state index is 0.0665. The van der Waals surface area contributed by atoms with Crippen molar-refractivity contribution in [1.29, 1.82) is 0 Å². The van der Waals surface area contributed by atoms with Gasteiger partial charge in [0.2, 0.25) is 0 Å². The molecular weight excluding hydrogens is 394 g/mol. The van der Waals surface area contributed by atoms with Crippen LogP contribution in [0, 0.1) is 0 Å². The number of ether oxygens (including phenoxy) is 5. The van der Waals surface area contributed by atoms with E-state index in [0.717, 1.165) is 11.9 Å². The number of nitrogens with one attached hydrogen (secondary N) is 1. The van der Waals surface area contributed by atoms with Crippen molar-refractivity contribution in [2.24, 2.45) is 0 Å². The predicted octanol–water partition coefficient (Wildman–Crippen LogP) is 0.716. The van der Waals surface area contributed by atoms with E-state index in [1.807, 2.05) is 13.8 Å². The van der Waals surface area contributed by atoms with Crippen LogP contribution in [0.1, 0.15) is 41.5 Å². The fraction of sp³-hybridized carbons (Fsp3) is 0.765. The van der Waals surface area contributed by atoms with E-state index in [0.29, 0.717) is 0 Å². The molecule has 1 aliphatic rings. The summed E-state index contributed by atoms with van der Waals surface area (Å²) in [4.78, 5) is 46.1. The average Bonchev–Trinajstić information content (AvgIpc) is 2.54. The summed E-state index contributed by atoms with van der Waals surface area (Å²) < 4.78 is 29.9. The van der Waals surface area contributed by atoms with Crippen LogP contribution in [0.3, 0.4) is 0 Å². The molecule has 0 aliphatic carbocycles. The van der Waals surface area contributed by atoms with Crippen molar-refractivity contribution >= 4 is 35.8 Å². The van der Waals surface area contributed by atoms with Crippen LogP contribution < -0.4 is 4.72 Å². The lowest BCUT2D eigenvalue weighted by atomic mass is 9.99. The average molecular weight is 421 g/mol. The minimum Gasteiger partial charge on any atom is -0.463 e. The Morgan fingerprint density at radius 2 is 1.36 bits per heavy atom. The van der Waals surface area contributed by atoms with Crippen LogP contribution >= 0.6 is 11.9 Å². The molecule has 1 saturated heterocycles. The van der Waals surface area contributed by atoms with E-state index in [9.17, 15) is 19.2 Å². The lowest BCUT2D eigenvalue weighted by Gasteiger charge is -2.44. The lowest BCUT2D eigenvalue weighted by molar-refractivity contribution is -0.237. The molecule has 1 heterocycles. The van der Waals surface area contributed by atoms with Crippen molar-refractivity contribution in [1.82, 2.24) is 4.72 Å². The first-order valence-corrected chi connectivity index (χ1v) is 9.60. The van der Waals surface area contributed by atoms with Crippen LogP contribution in [-0.4, -0.2) is 66.4 Å². The highest BCUT2D eigenvalue weighted by Crippen LogP contribution is 2.33. The quantitative estimate of drug-likeness (QED) is 0.338. The number of esters is 4. The van der Waals surface area contributed by atoms with Gasteiger partial charge in [-0.1, -0.05) is 0 Å². The fourth-order valence-corrected chi connectivity index (χ4v) is 3.44. The lowest BCUT2D eigenvalue weighted by Crippen LogP contribution is -2.62. The van der Waals surface area contributed by atoms with E-state index in [2.05, 4.69) is 4.72 Å². The maximum atomic E-state index is 11.7. The van der Waals surface area contributed by atoms with Crippen molar-refractivity contribution in [3.8, 4) is 0 Å². The summed E-state index contributed by atoms with van der Waals surface area (Å²) in [6.07, 6.45) is -4.28. The molecule has 1 aliphatic heterocycles. The molecule has 5 atom stereocenters. The molecule has 160 valence electrons. The molecule has 0 aromatic rings. The molecule has 0 aromatic carbocycles. The Labute approximate surface area is 168 Å². The summed E-state index contributed by atoms with van der Waals surface area (Å²) >= 11 is 1.12. The van der Waals surface area contributed by atoms with Crippen molar-refractivity contribution in [3.05, 3.63) is 0 Å². The van der Waals surface area contributed by atoms with Gasteiger partial charge in [0, 0.05) is 33.7 Å². The van der Waals surface area contributed by atoms with E-state index in [4.69, 9.17) is 23.7 Å². The first-order chi connectivity index (χ1) is 13.0. The molecule has 0 aromatic heterocycles. The summed E-state index contributed by atoms with van der Waals surface area (Å²) in [5.41, 5.74) is -0.817. The van der Waals surface area contributed by atoms with Gasteiger partial charge in [-0.2, -0.15) is 0 Å². The monoisotopic (exact) mass is 421 g/mol. The topological polar surface area (TPSA) is 126 Å². The van der Waals surface area contributed by atoms with E-state index in [1.165, 1.54) is 27.7 Å². The predicted molar refractivity (Wildman–Crippen MR) is 97.8 cm³/mol. The van der Waals surface area contributed by atoms with Gasteiger partial charge in [0.05, 0.1) is 0 Å². The second-order valence-corrected chi connectivity index (χ2v) is 7.39. The number of rotatable bonds is 8. The Kier molecular flexibility index (Phi) is 9.70. The number of hydrogen-bond donors (Lipinski definition) is 1. The summed E-state index contributed by atoms with van der Waals surface area (Å²) in [5.74, 6) is -2.50. The number of carbonyl (C=O) groups excluding carboxylic acids is 4. The minimum atomic E-state index is -1.15. The van der Waals surface area contributed by atoms with Crippen LogP contribution in [0.5, 0.6) is 0 Å². The molecule has 1 N–H and O–H groups in total. The van der Waals surface area contributed by atoms with E-state index >= 15 is 0 Å². The van der Waals surface area contributed by atoms with Crippen LogP contribution in [0.2, 0.25) is 0 Å². The molecule has 10 nitrogen and oxygen atoms in total. The maximum absolute atomic E-state index is 11.7. The highest BCUT2D eigenvalue weighted by molar-refractivity contribution is 7.97. The zero-order valence-electron chi connectivity index (χ0n) is 16.8. The Morgan fingerprint density at radius 1 is 0.857 bits per heavy atom. The molecule has 1 rings (SSSR count). The van der Waals surface area contributed by atoms with Gasteiger partial charge in [-0.05, 0) is 25.8 Å². The van der Waals surface area contributed by atoms with Crippen LogP contribution in [0.4, 0.5) is 0 Å². The van der Waals surface area contributed by atoms with Gasteiger partial charge in [-0.3, -0.25) is 23.9 Å². The van der Waals surface area contributed by atoms with Crippen molar-refractivity contribution in [2.75, 3.05) is 6.61 Å². The smallest absolute Gasteiger partial charge is 0.303 e. The van der Waals surface area contributed by atoms with E-state index in [1.54, 1.807) is 0 Å². The Balaban J connectivity index is 3.24. The summed E-state index contributed by atoms with van der Waals surface area (Å²) in [6, 6.07) is 0.0665. The van der Waals surface area contributed by atoms with Crippen LogP contribution in [-0.2, 0) is 42.9 Å². The highest BCUT2D eigenvalue weighted by atomic mass is 32.2. The zero-order chi connectivity index (χ0) is 21.4.